The lowest BCUT2D eigenvalue weighted by Gasteiger charge is -2.06. The standard InChI is InChI=1S/C21H23N3O2/c1-4-17-14-20(23-24(17)18-9-5-7-15(2)11-18)22-21(25)13-16-8-6-10-19(12-16)26-3/h5-12,14H,4,13H2,1-3H3,(H,22,23,25). The van der Waals surface area contributed by atoms with E-state index in [1.807, 2.05) is 47.1 Å². The second kappa shape index (κ2) is 7.87. The number of rotatable bonds is 6. The summed E-state index contributed by atoms with van der Waals surface area (Å²) < 4.78 is 7.08. The van der Waals surface area contributed by atoms with Crippen molar-refractivity contribution < 1.29 is 9.53 Å². The lowest BCUT2D eigenvalue weighted by Crippen LogP contribution is -2.15. The molecule has 0 fully saturated rings. The molecule has 0 radical (unpaired) electrons. The van der Waals surface area contributed by atoms with Crippen LogP contribution in [0.25, 0.3) is 5.69 Å². The number of hydrogen-bond acceptors (Lipinski definition) is 3. The fourth-order valence-corrected chi connectivity index (χ4v) is 2.87. The van der Waals surface area contributed by atoms with Crippen molar-refractivity contribution in [1.29, 1.82) is 0 Å². The first-order chi connectivity index (χ1) is 12.6. The van der Waals surface area contributed by atoms with Crippen LogP contribution in [0.5, 0.6) is 5.75 Å². The highest BCUT2D eigenvalue weighted by Gasteiger charge is 2.12. The molecule has 5 heteroatoms. The molecule has 0 aliphatic carbocycles. The molecule has 1 N–H and O–H groups in total. The number of aromatic nitrogens is 2. The number of carbonyl (C=O) groups is 1. The zero-order valence-electron chi connectivity index (χ0n) is 15.3. The fraction of sp³-hybridized carbons (Fsp3) is 0.238. The first-order valence-corrected chi connectivity index (χ1v) is 8.68. The van der Waals surface area contributed by atoms with Gasteiger partial charge < -0.3 is 10.1 Å². The van der Waals surface area contributed by atoms with Crippen LogP contribution in [0.2, 0.25) is 0 Å². The summed E-state index contributed by atoms with van der Waals surface area (Å²) in [5.41, 5.74) is 4.11. The van der Waals surface area contributed by atoms with Crippen molar-refractivity contribution in [1.82, 2.24) is 9.78 Å². The third-order valence-corrected chi connectivity index (χ3v) is 4.16. The number of anilines is 1. The van der Waals surface area contributed by atoms with Crippen LogP contribution in [0.4, 0.5) is 5.82 Å². The molecule has 0 bridgehead atoms. The van der Waals surface area contributed by atoms with Gasteiger partial charge in [-0.3, -0.25) is 4.79 Å². The molecule has 1 aromatic heterocycles. The van der Waals surface area contributed by atoms with Gasteiger partial charge in [-0.15, -0.1) is 5.10 Å². The maximum Gasteiger partial charge on any atom is 0.229 e. The first-order valence-electron chi connectivity index (χ1n) is 8.68. The van der Waals surface area contributed by atoms with Crippen molar-refractivity contribution >= 4 is 11.7 Å². The molecule has 0 aliphatic heterocycles. The molecule has 3 rings (SSSR count). The minimum atomic E-state index is -0.102. The largest absolute Gasteiger partial charge is 0.497 e. The Morgan fingerprint density at radius 2 is 1.96 bits per heavy atom. The van der Waals surface area contributed by atoms with Crippen molar-refractivity contribution in [3.05, 3.63) is 71.4 Å². The Bertz CT molecular complexity index is 915. The lowest BCUT2D eigenvalue weighted by molar-refractivity contribution is -0.115. The van der Waals surface area contributed by atoms with Crippen LogP contribution in [0.3, 0.4) is 0 Å². The third-order valence-electron chi connectivity index (χ3n) is 4.16. The number of aryl methyl sites for hydroxylation is 2. The van der Waals surface area contributed by atoms with Crippen LogP contribution in [0.1, 0.15) is 23.7 Å². The number of ether oxygens (including phenoxy) is 1. The molecule has 0 saturated carbocycles. The van der Waals surface area contributed by atoms with Crippen LogP contribution < -0.4 is 10.1 Å². The van der Waals surface area contributed by atoms with Gasteiger partial charge >= 0.3 is 0 Å². The molecule has 2 aromatic carbocycles. The zero-order chi connectivity index (χ0) is 18.5. The normalized spacial score (nSPS) is 10.6. The predicted molar refractivity (Wildman–Crippen MR) is 103 cm³/mol. The van der Waals surface area contributed by atoms with Gasteiger partial charge in [-0.2, -0.15) is 0 Å². The summed E-state index contributed by atoms with van der Waals surface area (Å²) in [6.45, 7) is 4.13. The number of benzene rings is 2. The summed E-state index contributed by atoms with van der Waals surface area (Å²) in [5.74, 6) is 1.21. The van der Waals surface area contributed by atoms with Gasteiger partial charge in [0.15, 0.2) is 5.82 Å². The van der Waals surface area contributed by atoms with E-state index in [-0.39, 0.29) is 12.3 Å². The van der Waals surface area contributed by atoms with E-state index in [2.05, 4.69) is 36.4 Å². The molecule has 0 saturated heterocycles. The highest BCUT2D eigenvalue weighted by Crippen LogP contribution is 2.18. The van der Waals surface area contributed by atoms with E-state index in [1.54, 1.807) is 7.11 Å². The minimum Gasteiger partial charge on any atom is -0.497 e. The summed E-state index contributed by atoms with van der Waals surface area (Å²) in [7, 11) is 1.61. The van der Waals surface area contributed by atoms with Gasteiger partial charge in [0.1, 0.15) is 5.75 Å². The van der Waals surface area contributed by atoms with E-state index in [4.69, 9.17) is 4.74 Å². The van der Waals surface area contributed by atoms with Crippen LogP contribution in [-0.2, 0) is 17.6 Å². The number of carbonyl (C=O) groups excluding carboxylic acids is 1. The Morgan fingerprint density at radius 3 is 2.69 bits per heavy atom. The quantitative estimate of drug-likeness (QED) is 0.733. The highest BCUT2D eigenvalue weighted by molar-refractivity contribution is 5.91. The molecule has 1 amide bonds. The molecular weight excluding hydrogens is 326 g/mol. The average molecular weight is 349 g/mol. The summed E-state index contributed by atoms with van der Waals surface area (Å²) in [4.78, 5) is 12.4. The first kappa shape index (κ1) is 17.7. The summed E-state index contributed by atoms with van der Waals surface area (Å²) in [5, 5.41) is 7.46. The Balaban J connectivity index is 1.76. The van der Waals surface area contributed by atoms with Crippen LogP contribution in [-0.4, -0.2) is 22.8 Å². The summed E-state index contributed by atoms with van der Waals surface area (Å²) >= 11 is 0. The summed E-state index contributed by atoms with van der Waals surface area (Å²) in [6.07, 6.45) is 1.10. The van der Waals surface area contributed by atoms with Gasteiger partial charge in [0.25, 0.3) is 0 Å². The van der Waals surface area contributed by atoms with E-state index >= 15 is 0 Å². The number of nitrogens with one attached hydrogen (secondary N) is 1. The molecule has 0 unspecified atom stereocenters. The molecular formula is C21H23N3O2. The van der Waals surface area contributed by atoms with E-state index in [9.17, 15) is 4.79 Å². The second-order valence-corrected chi connectivity index (χ2v) is 6.20. The maximum absolute atomic E-state index is 12.4. The van der Waals surface area contributed by atoms with E-state index in [1.165, 1.54) is 5.56 Å². The molecule has 1 heterocycles. The molecule has 5 nitrogen and oxygen atoms in total. The van der Waals surface area contributed by atoms with Gasteiger partial charge in [-0.25, -0.2) is 4.68 Å². The third kappa shape index (κ3) is 4.11. The number of nitrogens with zero attached hydrogens (tertiary/aromatic N) is 2. The van der Waals surface area contributed by atoms with E-state index < -0.39 is 0 Å². The predicted octanol–water partition coefficient (Wildman–Crippen LogP) is 3.93. The van der Waals surface area contributed by atoms with Crippen molar-refractivity contribution in [2.45, 2.75) is 26.7 Å². The molecule has 0 spiro atoms. The van der Waals surface area contributed by atoms with Gasteiger partial charge in [0.2, 0.25) is 5.91 Å². The molecule has 3 aromatic rings. The number of amides is 1. The monoisotopic (exact) mass is 349 g/mol. The van der Waals surface area contributed by atoms with Crippen LogP contribution in [0, 0.1) is 6.92 Å². The number of hydrogen-bond donors (Lipinski definition) is 1. The van der Waals surface area contributed by atoms with Crippen LogP contribution in [0.15, 0.2) is 54.6 Å². The molecule has 134 valence electrons. The number of methoxy groups -OCH3 is 1. The zero-order valence-corrected chi connectivity index (χ0v) is 15.3. The topological polar surface area (TPSA) is 56.1 Å². The minimum absolute atomic E-state index is 0.102. The average Bonchev–Trinajstić information content (AvgIpc) is 3.04. The molecule has 0 aliphatic rings. The van der Waals surface area contributed by atoms with Gasteiger partial charge in [-0.05, 0) is 48.7 Å². The summed E-state index contributed by atoms with van der Waals surface area (Å²) in [6, 6.07) is 17.6. The van der Waals surface area contributed by atoms with E-state index in [0.29, 0.717) is 5.82 Å². The van der Waals surface area contributed by atoms with Crippen molar-refractivity contribution in [3.63, 3.8) is 0 Å². The smallest absolute Gasteiger partial charge is 0.229 e. The van der Waals surface area contributed by atoms with Crippen molar-refractivity contribution in [2.75, 3.05) is 12.4 Å². The highest BCUT2D eigenvalue weighted by atomic mass is 16.5. The van der Waals surface area contributed by atoms with E-state index in [0.717, 1.165) is 29.1 Å². The van der Waals surface area contributed by atoms with Gasteiger partial charge in [0, 0.05) is 11.8 Å². The second-order valence-electron chi connectivity index (χ2n) is 6.20. The Labute approximate surface area is 153 Å². The molecule has 26 heavy (non-hydrogen) atoms. The van der Waals surface area contributed by atoms with Crippen LogP contribution >= 0.6 is 0 Å². The van der Waals surface area contributed by atoms with Crippen molar-refractivity contribution in [3.8, 4) is 11.4 Å². The van der Waals surface area contributed by atoms with Gasteiger partial charge in [0.05, 0.1) is 19.2 Å². The Hall–Kier alpha value is -3.08. The van der Waals surface area contributed by atoms with Gasteiger partial charge in [-0.1, -0.05) is 31.2 Å². The molecule has 0 atom stereocenters. The fourth-order valence-electron chi connectivity index (χ4n) is 2.87. The van der Waals surface area contributed by atoms with Crippen molar-refractivity contribution in [2.24, 2.45) is 0 Å². The maximum atomic E-state index is 12.4. The Morgan fingerprint density at radius 1 is 1.15 bits per heavy atom. The lowest BCUT2D eigenvalue weighted by atomic mass is 10.1. The Kier molecular flexibility index (Phi) is 5.37. The SMILES string of the molecule is CCc1cc(NC(=O)Cc2cccc(OC)c2)nn1-c1cccc(C)c1.